The Kier molecular flexibility index (Phi) is 6.12. The van der Waals surface area contributed by atoms with E-state index in [0.717, 1.165) is 5.52 Å². The van der Waals surface area contributed by atoms with Crippen molar-refractivity contribution in [2.45, 2.75) is 50.3 Å². The molecule has 1 amide bonds. The van der Waals surface area contributed by atoms with Crippen molar-refractivity contribution in [2.75, 3.05) is 5.75 Å². The molecule has 0 saturated heterocycles. The van der Waals surface area contributed by atoms with E-state index in [9.17, 15) is 13.2 Å². The Morgan fingerprint density at radius 1 is 1.36 bits per heavy atom. The molecule has 1 aromatic carbocycles. The van der Waals surface area contributed by atoms with Gasteiger partial charge >= 0.3 is 0 Å². The number of sulfonamides is 1. The minimum Gasteiger partial charge on any atom is -0.353 e. The van der Waals surface area contributed by atoms with E-state index in [2.05, 4.69) is 24.1 Å². The molecule has 1 heterocycles. The Morgan fingerprint density at radius 3 is 2.60 bits per heavy atom. The maximum atomic E-state index is 12.1. The second kappa shape index (κ2) is 7.76. The predicted octanol–water partition coefficient (Wildman–Crippen LogP) is 1.96. The van der Waals surface area contributed by atoms with Crippen LogP contribution >= 0.6 is 11.8 Å². The van der Waals surface area contributed by atoms with Gasteiger partial charge in [0.15, 0.2) is 5.16 Å². The quantitative estimate of drug-likeness (QED) is 0.710. The van der Waals surface area contributed by atoms with Crippen LogP contribution in [-0.2, 0) is 21.4 Å². The number of carbonyl (C=O) groups excluding carboxylic acids is 1. The highest BCUT2D eigenvalue weighted by Crippen LogP contribution is 2.25. The fourth-order valence-electron chi connectivity index (χ4n) is 2.27. The van der Waals surface area contributed by atoms with Crippen molar-refractivity contribution in [2.24, 2.45) is 11.1 Å². The van der Waals surface area contributed by atoms with Gasteiger partial charge in [-0.1, -0.05) is 25.6 Å². The van der Waals surface area contributed by atoms with Gasteiger partial charge in [-0.15, -0.1) is 0 Å². The van der Waals surface area contributed by atoms with Crippen LogP contribution in [0.2, 0.25) is 0 Å². The van der Waals surface area contributed by atoms with Gasteiger partial charge < -0.3 is 9.88 Å². The predicted molar refractivity (Wildman–Crippen MR) is 99.9 cm³/mol. The zero-order chi connectivity index (χ0) is 18.8. The summed E-state index contributed by atoms with van der Waals surface area (Å²) in [6.07, 6.45) is 0. The third-order valence-corrected chi connectivity index (χ3v) is 5.94. The molecule has 0 bridgehead atoms. The van der Waals surface area contributed by atoms with Gasteiger partial charge in [-0.25, -0.2) is 18.5 Å². The number of thioether (sulfide) groups is 1. The molecule has 0 spiro atoms. The minimum absolute atomic E-state index is 0.0285. The number of rotatable bonds is 7. The number of carbonyl (C=O) groups is 1. The fraction of sp³-hybridized carbons (Fsp3) is 0.500. The standard InChI is InChI=1S/C16H24N4O3S2/c1-5-20-14-7-6-12(25(17,22)23)8-13(14)19-16(20)24-9-15(21)18-11(4)10(2)3/h6-8,10-11H,5,9H2,1-4H3,(H,18,21)(H2,17,22,23)/t11-/m0/s1. The second-order valence-electron chi connectivity index (χ2n) is 6.22. The third kappa shape index (κ3) is 4.74. The average molecular weight is 385 g/mol. The number of primary sulfonamides is 1. The van der Waals surface area contributed by atoms with Crippen molar-refractivity contribution < 1.29 is 13.2 Å². The zero-order valence-corrected chi connectivity index (χ0v) is 16.4. The lowest BCUT2D eigenvalue weighted by Gasteiger charge is -2.17. The molecule has 0 saturated carbocycles. The molecule has 138 valence electrons. The zero-order valence-electron chi connectivity index (χ0n) is 14.8. The highest BCUT2D eigenvalue weighted by molar-refractivity contribution is 7.99. The first-order chi connectivity index (χ1) is 11.6. The number of imidazole rings is 1. The molecule has 0 aliphatic heterocycles. The van der Waals surface area contributed by atoms with E-state index in [1.807, 2.05) is 18.4 Å². The normalized spacial score (nSPS) is 13.4. The number of fused-ring (bicyclic) bond motifs is 1. The molecule has 3 N–H and O–H groups in total. The fourth-order valence-corrected chi connectivity index (χ4v) is 3.70. The summed E-state index contributed by atoms with van der Waals surface area (Å²) in [5.74, 6) is 0.569. The topological polar surface area (TPSA) is 107 Å². The lowest BCUT2D eigenvalue weighted by Crippen LogP contribution is -2.37. The van der Waals surface area contributed by atoms with Crippen LogP contribution in [0.4, 0.5) is 0 Å². The van der Waals surface area contributed by atoms with E-state index in [1.54, 1.807) is 6.07 Å². The molecule has 1 atom stereocenters. The van der Waals surface area contributed by atoms with E-state index in [4.69, 9.17) is 5.14 Å². The van der Waals surface area contributed by atoms with Gasteiger partial charge in [-0.2, -0.15) is 0 Å². The summed E-state index contributed by atoms with van der Waals surface area (Å²) >= 11 is 1.33. The Labute approximate surface area is 152 Å². The molecule has 0 radical (unpaired) electrons. The first-order valence-corrected chi connectivity index (χ1v) is 10.6. The first-order valence-electron chi connectivity index (χ1n) is 8.08. The number of amides is 1. The number of nitrogens with one attached hydrogen (secondary N) is 1. The van der Waals surface area contributed by atoms with Crippen LogP contribution in [0.15, 0.2) is 28.3 Å². The smallest absolute Gasteiger partial charge is 0.238 e. The van der Waals surface area contributed by atoms with Crippen molar-refractivity contribution in [3.05, 3.63) is 18.2 Å². The van der Waals surface area contributed by atoms with Crippen LogP contribution in [-0.4, -0.2) is 35.7 Å². The van der Waals surface area contributed by atoms with Crippen molar-refractivity contribution in [3.63, 3.8) is 0 Å². The van der Waals surface area contributed by atoms with Crippen LogP contribution in [0.25, 0.3) is 11.0 Å². The van der Waals surface area contributed by atoms with Crippen LogP contribution < -0.4 is 10.5 Å². The van der Waals surface area contributed by atoms with Crippen LogP contribution in [0.1, 0.15) is 27.7 Å². The number of hydrogen-bond acceptors (Lipinski definition) is 5. The number of aromatic nitrogens is 2. The molecule has 0 aliphatic carbocycles. The molecule has 2 aromatic rings. The van der Waals surface area contributed by atoms with Gasteiger partial charge in [0.05, 0.1) is 21.7 Å². The number of benzene rings is 1. The van der Waals surface area contributed by atoms with E-state index in [1.165, 1.54) is 23.9 Å². The molecule has 0 fully saturated rings. The molecule has 7 nitrogen and oxygen atoms in total. The SMILES string of the molecule is CCn1c(SCC(=O)N[C@@H](C)C(C)C)nc2cc(S(N)(=O)=O)ccc21. The van der Waals surface area contributed by atoms with Crippen molar-refractivity contribution in [3.8, 4) is 0 Å². The lowest BCUT2D eigenvalue weighted by molar-refractivity contribution is -0.119. The molecular formula is C16H24N4O3S2. The molecule has 0 aliphatic rings. The van der Waals surface area contributed by atoms with Crippen molar-refractivity contribution >= 4 is 38.7 Å². The highest BCUT2D eigenvalue weighted by atomic mass is 32.2. The monoisotopic (exact) mass is 384 g/mol. The summed E-state index contributed by atoms with van der Waals surface area (Å²) in [4.78, 5) is 16.6. The summed E-state index contributed by atoms with van der Waals surface area (Å²) in [5, 5.41) is 8.81. The summed E-state index contributed by atoms with van der Waals surface area (Å²) in [6, 6.07) is 4.73. The van der Waals surface area contributed by atoms with E-state index in [0.29, 0.717) is 23.1 Å². The lowest BCUT2D eigenvalue weighted by atomic mass is 10.1. The molecule has 0 unspecified atom stereocenters. The van der Waals surface area contributed by atoms with Gasteiger partial charge in [0.1, 0.15) is 0 Å². The molecule has 2 rings (SSSR count). The van der Waals surface area contributed by atoms with Crippen LogP contribution in [0.3, 0.4) is 0 Å². The summed E-state index contributed by atoms with van der Waals surface area (Å²) < 4.78 is 24.9. The molecular weight excluding hydrogens is 360 g/mol. The van der Waals surface area contributed by atoms with Gasteiger partial charge in [0.2, 0.25) is 15.9 Å². The molecule has 25 heavy (non-hydrogen) atoms. The average Bonchev–Trinajstić information content (AvgIpc) is 2.88. The maximum Gasteiger partial charge on any atom is 0.238 e. The molecule has 1 aromatic heterocycles. The largest absolute Gasteiger partial charge is 0.353 e. The second-order valence-corrected chi connectivity index (χ2v) is 8.73. The number of aryl methyl sites for hydroxylation is 1. The van der Waals surface area contributed by atoms with Gasteiger partial charge in [0, 0.05) is 12.6 Å². The maximum absolute atomic E-state index is 12.1. The Bertz CT molecular complexity index is 875. The first kappa shape index (κ1) is 19.7. The Morgan fingerprint density at radius 2 is 2.04 bits per heavy atom. The third-order valence-electron chi connectivity index (χ3n) is 4.05. The Balaban J connectivity index is 2.22. The van der Waals surface area contributed by atoms with Crippen molar-refractivity contribution in [1.82, 2.24) is 14.9 Å². The van der Waals surface area contributed by atoms with E-state index < -0.39 is 10.0 Å². The van der Waals surface area contributed by atoms with Crippen LogP contribution in [0.5, 0.6) is 0 Å². The van der Waals surface area contributed by atoms with Crippen LogP contribution in [0, 0.1) is 5.92 Å². The van der Waals surface area contributed by atoms with Gasteiger partial charge in [-0.3, -0.25) is 4.79 Å². The summed E-state index contributed by atoms with van der Waals surface area (Å²) in [6.45, 7) is 8.72. The van der Waals surface area contributed by atoms with Gasteiger partial charge in [0.25, 0.3) is 0 Å². The number of hydrogen-bond donors (Lipinski definition) is 2. The van der Waals surface area contributed by atoms with Gasteiger partial charge in [-0.05, 0) is 38.0 Å². The van der Waals surface area contributed by atoms with Crippen molar-refractivity contribution in [1.29, 1.82) is 0 Å². The minimum atomic E-state index is -3.77. The summed E-state index contributed by atoms with van der Waals surface area (Å²) in [5.41, 5.74) is 1.36. The molecule has 9 heteroatoms. The summed E-state index contributed by atoms with van der Waals surface area (Å²) in [7, 11) is -3.77. The number of nitrogens with zero attached hydrogens (tertiary/aromatic N) is 2. The van der Waals surface area contributed by atoms with E-state index in [-0.39, 0.29) is 22.6 Å². The Hall–Kier alpha value is -1.58. The number of nitrogens with two attached hydrogens (primary N) is 1. The van der Waals surface area contributed by atoms with E-state index >= 15 is 0 Å². The highest BCUT2D eigenvalue weighted by Gasteiger charge is 2.16.